The van der Waals surface area contributed by atoms with Crippen molar-refractivity contribution in [2.45, 2.75) is 24.2 Å². The molecule has 1 aromatic carbocycles. The standard InChI is InChI=1S/C18H23N3O6S/c22-13-14(10-16-4-3-9-27-16)12-19-17-6-5-15(21(23)24)11-18(17)28(25,26)20-7-1-2-8-20/h3-6,9,11,14,19,22H,1-2,7-8,10,12-13H2/t14-/m1/s1. The summed E-state index contributed by atoms with van der Waals surface area (Å²) in [6, 6.07) is 7.33. The van der Waals surface area contributed by atoms with Crippen LogP contribution in [0.25, 0.3) is 0 Å². The highest BCUT2D eigenvalue weighted by atomic mass is 32.2. The molecule has 10 heteroatoms. The summed E-state index contributed by atoms with van der Waals surface area (Å²) in [7, 11) is -3.84. The molecule has 3 rings (SSSR count). The van der Waals surface area contributed by atoms with Gasteiger partial charge in [-0.1, -0.05) is 0 Å². The Morgan fingerprint density at radius 3 is 2.64 bits per heavy atom. The molecule has 1 aliphatic heterocycles. The maximum Gasteiger partial charge on any atom is 0.270 e. The summed E-state index contributed by atoms with van der Waals surface area (Å²) in [5.41, 5.74) is 0.00742. The van der Waals surface area contributed by atoms with Crippen LogP contribution in [0.2, 0.25) is 0 Å². The summed E-state index contributed by atoms with van der Waals surface area (Å²) in [5.74, 6) is 0.512. The molecule has 0 amide bonds. The van der Waals surface area contributed by atoms with Gasteiger partial charge in [0.05, 0.1) is 16.9 Å². The lowest BCUT2D eigenvalue weighted by Crippen LogP contribution is -2.29. The molecule has 152 valence electrons. The highest BCUT2D eigenvalue weighted by Gasteiger charge is 2.31. The van der Waals surface area contributed by atoms with E-state index in [1.54, 1.807) is 18.4 Å². The van der Waals surface area contributed by atoms with Crippen LogP contribution in [0.5, 0.6) is 0 Å². The maximum absolute atomic E-state index is 13.0. The molecule has 0 radical (unpaired) electrons. The first-order valence-electron chi connectivity index (χ1n) is 9.07. The maximum atomic E-state index is 13.0. The van der Waals surface area contributed by atoms with E-state index in [1.807, 2.05) is 0 Å². The Balaban J connectivity index is 1.84. The van der Waals surface area contributed by atoms with Crippen molar-refractivity contribution < 1.29 is 22.9 Å². The van der Waals surface area contributed by atoms with E-state index in [2.05, 4.69) is 5.32 Å². The topological polar surface area (TPSA) is 126 Å². The third kappa shape index (κ3) is 4.51. The molecule has 0 unspecified atom stereocenters. The lowest BCUT2D eigenvalue weighted by Gasteiger charge is -2.20. The minimum atomic E-state index is -3.84. The number of nitro benzene ring substituents is 1. The van der Waals surface area contributed by atoms with Crippen molar-refractivity contribution in [2.75, 3.05) is 31.6 Å². The number of hydrogen-bond donors (Lipinski definition) is 2. The number of rotatable bonds is 9. The molecule has 1 aliphatic rings. The molecule has 0 bridgehead atoms. The van der Waals surface area contributed by atoms with Gasteiger partial charge in [-0.2, -0.15) is 4.31 Å². The normalized spacial score (nSPS) is 16.2. The summed E-state index contributed by atoms with van der Waals surface area (Å²) < 4.78 is 32.6. The SMILES string of the molecule is O=[N+]([O-])c1ccc(NC[C@H](CO)Cc2ccco2)c(S(=O)(=O)N2CCCC2)c1. The number of nitro groups is 1. The zero-order chi connectivity index (χ0) is 20.1. The van der Waals surface area contributed by atoms with Gasteiger partial charge in [-0.05, 0) is 31.0 Å². The van der Waals surface area contributed by atoms with Crippen LogP contribution < -0.4 is 5.32 Å². The molecule has 9 nitrogen and oxygen atoms in total. The highest BCUT2D eigenvalue weighted by Crippen LogP contribution is 2.31. The predicted octanol–water partition coefficient (Wildman–Crippen LogP) is 2.24. The van der Waals surface area contributed by atoms with Crippen molar-refractivity contribution in [3.05, 3.63) is 52.5 Å². The first kappa shape index (κ1) is 20.3. The summed E-state index contributed by atoms with van der Waals surface area (Å²) >= 11 is 0. The molecular weight excluding hydrogens is 386 g/mol. The monoisotopic (exact) mass is 409 g/mol. The second-order valence-electron chi connectivity index (χ2n) is 6.76. The molecule has 2 N–H and O–H groups in total. The fourth-order valence-corrected chi connectivity index (χ4v) is 4.93. The zero-order valence-electron chi connectivity index (χ0n) is 15.3. The number of benzene rings is 1. The number of aliphatic hydroxyl groups excluding tert-OH is 1. The third-order valence-corrected chi connectivity index (χ3v) is 6.71. The van der Waals surface area contributed by atoms with E-state index in [-0.39, 0.29) is 35.3 Å². The smallest absolute Gasteiger partial charge is 0.270 e. The van der Waals surface area contributed by atoms with Gasteiger partial charge in [0.25, 0.3) is 5.69 Å². The van der Waals surface area contributed by atoms with E-state index in [1.165, 1.54) is 16.4 Å². The summed E-state index contributed by atoms with van der Waals surface area (Å²) in [4.78, 5) is 10.4. The van der Waals surface area contributed by atoms with Crippen LogP contribution in [0.3, 0.4) is 0 Å². The Kier molecular flexibility index (Phi) is 6.32. The Hall–Kier alpha value is -2.43. The summed E-state index contributed by atoms with van der Waals surface area (Å²) in [6.07, 6.45) is 3.57. The van der Waals surface area contributed by atoms with Crippen LogP contribution in [0.15, 0.2) is 45.9 Å². The Morgan fingerprint density at radius 1 is 1.29 bits per heavy atom. The van der Waals surface area contributed by atoms with Crippen LogP contribution in [0.1, 0.15) is 18.6 Å². The second-order valence-corrected chi connectivity index (χ2v) is 8.67. The average Bonchev–Trinajstić information content (AvgIpc) is 3.39. The van der Waals surface area contributed by atoms with Crippen molar-refractivity contribution in [2.24, 2.45) is 5.92 Å². The van der Waals surface area contributed by atoms with Gasteiger partial charge in [0, 0.05) is 50.7 Å². The van der Waals surface area contributed by atoms with E-state index in [9.17, 15) is 23.6 Å². The molecule has 1 saturated heterocycles. The van der Waals surface area contributed by atoms with Crippen LogP contribution in [-0.2, 0) is 16.4 Å². The van der Waals surface area contributed by atoms with E-state index in [0.29, 0.717) is 19.5 Å². The summed E-state index contributed by atoms with van der Waals surface area (Å²) in [5, 5.41) is 23.8. The van der Waals surface area contributed by atoms with Gasteiger partial charge in [-0.25, -0.2) is 8.42 Å². The average molecular weight is 409 g/mol. The molecule has 1 aromatic heterocycles. The van der Waals surface area contributed by atoms with E-state index < -0.39 is 14.9 Å². The number of sulfonamides is 1. The Morgan fingerprint density at radius 2 is 2.04 bits per heavy atom. The lowest BCUT2D eigenvalue weighted by molar-refractivity contribution is -0.385. The molecule has 28 heavy (non-hydrogen) atoms. The van der Waals surface area contributed by atoms with Gasteiger partial charge in [-0.15, -0.1) is 0 Å². The Labute approximate surface area is 163 Å². The molecule has 1 fully saturated rings. The molecule has 0 spiro atoms. The molecule has 0 aliphatic carbocycles. The zero-order valence-corrected chi connectivity index (χ0v) is 16.1. The molecule has 2 heterocycles. The van der Waals surface area contributed by atoms with Crippen LogP contribution in [0.4, 0.5) is 11.4 Å². The molecule has 0 saturated carbocycles. The summed E-state index contributed by atoms with van der Waals surface area (Å²) in [6.45, 7) is 0.983. The minimum Gasteiger partial charge on any atom is -0.469 e. The first-order valence-corrected chi connectivity index (χ1v) is 10.5. The van der Waals surface area contributed by atoms with Crippen LogP contribution in [-0.4, -0.2) is 49.0 Å². The number of non-ortho nitro benzene ring substituents is 1. The van der Waals surface area contributed by atoms with Crippen molar-refractivity contribution in [1.29, 1.82) is 0 Å². The number of anilines is 1. The fourth-order valence-electron chi connectivity index (χ4n) is 3.22. The van der Waals surface area contributed by atoms with Gasteiger partial charge in [0.1, 0.15) is 10.7 Å². The number of hydrogen-bond acceptors (Lipinski definition) is 7. The largest absolute Gasteiger partial charge is 0.469 e. The van der Waals surface area contributed by atoms with Gasteiger partial charge in [0.15, 0.2) is 0 Å². The lowest BCUT2D eigenvalue weighted by atomic mass is 10.0. The fraction of sp³-hybridized carbons (Fsp3) is 0.444. The second kappa shape index (κ2) is 8.72. The van der Waals surface area contributed by atoms with Gasteiger partial charge in [-0.3, -0.25) is 10.1 Å². The van der Waals surface area contributed by atoms with Gasteiger partial charge < -0.3 is 14.8 Å². The van der Waals surface area contributed by atoms with Crippen molar-refractivity contribution >= 4 is 21.4 Å². The van der Waals surface area contributed by atoms with Gasteiger partial charge in [0.2, 0.25) is 10.0 Å². The van der Waals surface area contributed by atoms with Crippen molar-refractivity contribution in [1.82, 2.24) is 4.31 Å². The Bertz CT molecular complexity index is 907. The van der Waals surface area contributed by atoms with Gasteiger partial charge >= 0.3 is 0 Å². The van der Waals surface area contributed by atoms with Crippen molar-refractivity contribution in [3.63, 3.8) is 0 Å². The minimum absolute atomic E-state index is 0.113. The number of nitrogens with zero attached hydrogens (tertiary/aromatic N) is 2. The molecule has 2 aromatic rings. The first-order chi connectivity index (χ1) is 13.4. The number of aliphatic hydroxyl groups is 1. The highest BCUT2D eigenvalue weighted by molar-refractivity contribution is 7.89. The number of furan rings is 1. The van der Waals surface area contributed by atoms with E-state index in [4.69, 9.17) is 4.42 Å². The quantitative estimate of drug-likeness (QED) is 0.480. The third-order valence-electron chi connectivity index (χ3n) is 4.77. The number of nitrogens with one attached hydrogen (secondary N) is 1. The molecular formula is C18H23N3O6S. The van der Waals surface area contributed by atoms with Crippen LogP contribution >= 0.6 is 0 Å². The van der Waals surface area contributed by atoms with E-state index >= 15 is 0 Å². The predicted molar refractivity (Wildman–Crippen MR) is 103 cm³/mol. The van der Waals surface area contributed by atoms with Crippen molar-refractivity contribution in [3.8, 4) is 0 Å². The molecule has 1 atom stereocenters. The van der Waals surface area contributed by atoms with E-state index in [0.717, 1.165) is 24.7 Å². The van der Waals surface area contributed by atoms with Crippen LogP contribution in [0, 0.1) is 16.0 Å².